The molecule has 0 N–H and O–H groups in total. The minimum Gasteiger partial charge on any atom is -0.298 e. The van der Waals surface area contributed by atoms with E-state index >= 15 is 0 Å². The lowest BCUT2D eigenvalue weighted by atomic mass is 10.0. The maximum atomic E-state index is 13.0. The summed E-state index contributed by atoms with van der Waals surface area (Å²) < 4.78 is 27.4. The van der Waals surface area contributed by atoms with Crippen molar-refractivity contribution in [2.75, 3.05) is 26.2 Å². The highest BCUT2D eigenvalue weighted by atomic mass is 32.2. The van der Waals surface area contributed by atoms with Crippen LogP contribution in [-0.2, 0) is 15.7 Å². The molecule has 1 aliphatic carbocycles. The maximum absolute atomic E-state index is 13.0. The number of benzene rings is 1. The molecule has 1 aliphatic heterocycles. The average molecular weight is 447 g/mol. The molecular weight excluding hydrogens is 412 g/mol. The Morgan fingerprint density at radius 1 is 1.03 bits per heavy atom. The Bertz CT molecular complexity index is 958. The highest BCUT2D eigenvalue weighted by Crippen LogP contribution is 2.30. The van der Waals surface area contributed by atoms with Crippen molar-refractivity contribution in [2.45, 2.75) is 69.3 Å². The number of piperazine rings is 1. The molecular formula is C22H34N6O2S. The third kappa shape index (κ3) is 4.99. The maximum Gasteiger partial charge on any atom is 0.198 e. The molecule has 1 aromatic heterocycles. The van der Waals surface area contributed by atoms with Crippen LogP contribution in [0.2, 0.25) is 0 Å². The predicted molar refractivity (Wildman–Crippen MR) is 119 cm³/mol. The van der Waals surface area contributed by atoms with Crippen LogP contribution >= 0.6 is 0 Å². The Hall–Kier alpha value is -1.84. The van der Waals surface area contributed by atoms with Crippen LogP contribution in [0.5, 0.6) is 0 Å². The van der Waals surface area contributed by atoms with Crippen LogP contribution < -0.4 is 0 Å². The SMILES string of the molecule is Cc1ccc(S(=O)(=O)Cn2nnnc2[C@H](C(C)C)N2CCN(C3CCCC3)CC2)cc1. The zero-order chi connectivity index (χ0) is 22.0. The molecule has 31 heavy (non-hydrogen) atoms. The number of sulfone groups is 1. The van der Waals surface area contributed by atoms with E-state index in [4.69, 9.17) is 0 Å². The zero-order valence-corrected chi connectivity index (χ0v) is 19.6. The first kappa shape index (κ1) is 22.4. The molecule has 0 unspecified atom stereocenters. The fraction of sp³-hybridized carbons (Fsp3) is 0.682. The number of aromatic nitrogens is 4. The van der Waals surface area contributed by atoms with E-state index in [1.54, 1.807) is 12.1 Å². The molecule has 0 bridgehead atoms. The van der Waals surface area contributed by atoms with Gasteiger partial charge in [-0.15, -0.1) is 5.10 Å². The quantitative estimate of drug-likeness (QED) is 0.646. The van der Waals surface area contributed by atoms with Crippen molar-refractivity contribution in [3.05, 3.63) is 35.7 Å². The molecule has 8 nitrogen and oxygen atoms in total. The van der Waals surface area contributed by atoms with Crippen molar-refractivity contribution in [2.24, 2.45) is 5.92 Å². The Kier molecular flexibility index (Phi) is 6.74. The molecule has 9 heteroatoms. The fourth-order valence-electron chi connectivity index (χ4n) is 5.03. The van der Waals surface area contributed by atoms with Gasteiger partial charge in [0.15, 0.2) is 21.5 Å². The number of tetrazole rings is 1. The monoisotopic (exact) mass is 446 g/mol. The van der Waals surface area contributed by atoms with Crippen LogP contribution in [0.1, 0.15) is 57.0 Å². The van der Waals surface area contributed by atoms with Crippen molar-refractivity contribution in [1.29, 1.82) is 0 Å². The van der Waals surface area contributed by atoms with Crippen molar-refractivity contribution in [3.8, 4) is 0 Å². The van der Waals surface area contributed by atoms with Gasteiger partial charge in [0.1, 0.15) is 0 Å². The van der Waals surface area contributed by atoms with Crippen molar-refractivity contribution >= 4 is 9.84 Å². The summed E-state index contributed by atoms with van der Waals surface area (Å²) >= 11 is 0. The highest BCUT2D eigenvalue weighted by molar-refractivity contribution is 7.90. The zero-order valence-electron chi connectivity index (χ0n) is 18.8. The van der Waals surface area contributed by atoms with Crippen molar-refractivity contribution in [3.63, 3.8) is 0 Å². The van der Waals surface area contributed by atoms with Crippen LogP contribution in [0.4, 0.5) is 0 Å². The summed E-state index contributed by atoms with van der Waals surface area (Å²) in [6, 6.07) is 7.66. The molecule has 2 heterocycles. The number of hydrogen-bond acceptors (Lipinski definition) is 7. The second-order valence-electron chi connectivity index (χ2n) is 9.29. The first-order valence-electron chi connectivity index (χ1n) is 11.4. The lowest BCUT2D eigenvalue weighted by Gasteiger charge is -2.42. The topological polar surface area (TPSA) is 84.2 Å². The van der Waals surface area contributed by atoms with Gasteiger partial charge in [-0.05, 0) is 48.2 Å². The molecule has 2 aromatic rings. The molecule has 1 atom stereocenters. The predicted octanol–water partition coefficient (Wildman–Crippen LogP) is 2.67. The van der Waals surface area contributed by atoms with E-state index in [2.05, 4.69) is 39.2 Å². The molecule has 2 aliphatic rings. The van der Waals surface area contributed by atoms with Gasteiger partial charge in [-0.1, -0.05) is 44.4 Å². The van der Waals surface area contributed by atoms with E-state index < -0.39 is 9.84 Å². The molecule has 1 saturated carbocycles. The van der Waals surface area contributed by atoms with Gasteiger partial charge in [0.2, 0.25) is 0 Å². The number of rotatable bonds is 7. The van der Waals surface area contributed by atoms with Gasteiger partial charge >= 0.3 is 0 Å². The average Bonchev–Trinajstić information content (AvgIpc) is 3.42. The molecule has 1 aromatic carbocycles. The number of hydrogen-bond donors (Lipinski definition) is 0. The molecule has 2 fully saturated rings. The third-order valence-electron chi connectivity index (χ3n) is 6.71. The van der Waals surface area contributed by atoms with Gasteiger partial charge in [-0.3, -0.25) is 9.80 Å². The largest absolute Gasteiger partial charge is 0.298 e. The van der Waals surface area contributed by atoms with Gasteiger partial charge in [0.05, 0.1) is 10.9 Å². The van der Waals surface area contributed by atoms with Crippen LogP contribution in [0.3, 0.4) is 0 Å². The first-order valence-corrected chi connectivity index (χ1v) is 13.0. The Morgan fingerprint density at radius 2 is 1.68 bits per heavy atom. The molecule has 0 amide bonds. The molecule has 170 valence electrons. The summed E-state index contributed by atoms with van der Waals surface area (Å²) in [5, 5.41) is 12.2. The van der Waals surface area contributed by atoms with Crippen LogP contribution in [0.15, 0.2) is 29.2 Å². The smallest absolute Gasteiger partial charge is 0.198 e. The summed E-state index contributed by atoms with van der Waals surface area (Å²) in [5.41, 5.74) is 1.03. The standard InChI is InChI=1S/C22H34N6O2S/c1-17(2)21(27-14-12-26(13-15-27)19-6-4-5-7-19)22-23-24-25-28(22)16-31(29,30)20-10-8-18(3)9-11-20/h8-11,17,19,21H,4-7,12-16H2,1-3H3/t21-/m0/s1. The lowest BCUT2D eigenvalue weighted by Crippen LogP contribution is -2.51. The third-order valence-corrected chi connectivity index (χ3v) is 8.29. The van der Waals surface area contributed by atoms with Crippen LogP contribution in [0.25, 0.3) is 0 Å². The molecule has 0 radical (unpaired) electrons. The van der Waals surface area contributed by atoms with Gasteiger partial charge in [-0.2, -0.15) is 0 Å². The van der Waals surface area contributed by atoms with E-state index in [0.29, 0.717) is 10.7 Å². The summed E-state index contributed by atoms with van der Waals surface area (Å²) in [4.78, 5) is 5.36. The lowest BCUT2D eigenvalue weighted by molar-refractivity contribution is 0.0502. The van der Waals surface area contributed by atoms with Crippen molar-refractivity contribution in [1.82, 2.24) is 30.0 Å². The minimum atomic E-state index is -3.54. The second-order valence-corrected chi connectivity index (χ2v) is 11.3. The summed E-state index contributed by atoms with van der Waals surface area (Å²) in [5.74, 6) is 0.661. The summed E-state index contributed by atoms with van der Waals surface area (Å²) in [6.07, 6.45) is 5.35. The Labute approximate surface area is 185 Å². The highest BCUT2D eigenvalue weighted by Gasteiger charge is 2.34. The normalized spacial score (nSPS) is 20.5. The number of nitrogens with zero attached hydrogens (tertiary/aromatic N) is 6. The fourth-order valence-corrected chi connectivity index (χ4v) is 6.24. The van der Waals surface area contributed by atoms with E-state index in [1.807, 2.05) is 19.1 Å². The van der Waals surface area contributed by atoms with E-state index in [-0.39, 0.29) is 17.8 Å². The van der Waals surface area contributed by atoms with Crippen molar-refractivity contribution < 1.29 is 8.42 Å². The first-order chi connectivity index (χ1) is 14.8. The molecule has 0 spiro atoms. The molecule has 4 rings (SSSR count). The van der Waals surface area contributed by atoms with Gasteiger partial charge < -0.3 is 0 Å². The van der Waals surface area contributed by atoms with E-state index in [1.165, 1.54) is 30.4 Å². The second kappa shape index (κ2) is 9.34. The summed E-state index contributed by atoms with van der Waals surface area (Å²) in [7, 11) is -3.54. The van der Waals surface area contributed by atoms with Gasteiger partial charge in [0.25, 0.3) is 0 Å². The van der Waals surface area contributed by atoms with E-state index in [9.17, 15) is 8.42 Å². The van der Waals surface area contributed by atoms with Gasteiger partial charge in [0, 0.05) is 32.2 Å². The Morgan fingerprint density at radius 3 is 2.29 bits per heavy atom. The van der Waals surface area contributed by atoms with Gasteiger partial charge in [-0.25, -0.2) is 13.1 Å². The Balaban J connectivity index is 1.50. The van der Waals surface area contributed by atoms with E-state index in [0.717, 1.165) is 37.8 Å². The van der Waals surface area contributed by atoms with Crippen LogP contribution in [0, 0.1) is 12.8 Å². The minimum absolute atomic E-state index is 0.00561. The van der Waals surface area contributed by atoms with Crippen LogP contribution in [-0.4, -0.2) is 70.6 Å². The summed E-state index contributed by atoms with van der Waals surface area (Å²) in [6.45, 7) is 10.3. The molecule has 1 saturated heterocycles. The number of aryl methyl sites for hydroxylation is 1.